The molecule has 2 aliphatic rings. The Morgan fingerprint density at radius 1 is 0.913 bits per heavy atom. The summed E-state index contributed by atoms with van der Waals surface area (Å²) in [5.74, 6) is -0.413. The number of ketones is 3. The van der Waals surface area contributed by atoms with Crippen molar-refractivity contribution in [2.24, 2.45) is 10.8 Å². The molecule has 23 heavy (non-hydrogen) atoms. The quantitative estimate of drug-likeness (QED) is 0.624. The molecule has 1 fully saturated rings. The maximum atomic E-state index is 12.1. The lowest BCUT2D eigenvalue weighted by Gasteiger charge is -2.28. The van der Waals surface area contributed by atoms with Crippen LogP contribution in [0.5, 0.6) is 0 Å². The Kier molecular flexibility index (Phi) is 4.47. The first-order chi connectivity index (χ1) is 10.5. The van der Waals surface area contributed by atoms with Crippen LogP contribution in [-0.4, -0.2) is 22.5 Å². The molecule has 0 aromatic rings. The van der Waals surface area contributed by atoms with Crippen LogP contribution in [0.4, 0.5) is 0 Å². The molecule has 0 spiro atoms. The first kappa shape index (κ1) is 17.4. The van der Waals surface area contributed by atoms with E-state index in [0.717, 1.165) is 0 Å². The van der Waals surface area contributed by atoms with Gasteiger partial charge in [-0.3, -0.25) is 14.4 Å². The van der Waals surface area contributed by atoms with Crippen molar-refractivity contribution in [2.75, 3.05) is 0 Å². The van der Waals surface area contributed by atoms with E-state index in [4.69, 9.17) is 0 Å². The Balaban J connectivity index is 2.16. The van der Waals surface area contributed by atoms with Gasteiger partial charge in [0.15, 0.2) is 17.3 Å². The number of rotatable bonds is 2. The molecule has 4 heteroatoms. The van der Waals surface area contributed by atoms with Gasteiger partial charge in [0, 0.05) is 19.3 Å². The highest BCUT2D eigenvalue weighted by Crippen LogP contribution is 2.35. The van der Waals surface area contributed by atoms with Crippen LogP contribution in [0.1, 0.15) is 53.4 Å². The lowest BCUT2D eigenvalue weighted by Crippen LogP contribution is -2.31. The molecule has 0 amide bonds. The molecule has 0 bridgehead atoms. The zero-order valence-corrected chi connectivity index (χ0v) is 14.2. The summed E-state index contributed by atoms with van der Waals surface area (Å²) in [7, 11) is 0. The summed E-state index contributed by atoms with van der Waals surface area (Å²) in [5, 5.41) is 10.0. The van der Waals surface area contributed by atoms with Crippen molar-refractivity contribution in [3.8, 4) is 0 Å². The molecule has 0 radical (unpaired) electrons. The van der Waals surface area contributed by atoms with Gasteiger partial charge in [-0.1, -0.05) is 39.8 Å². The van der Waals surface area contributed by atoms with Gasteiger partial charge in [0.1, 0.15) is 5.76 Å². The van der Waals surface area contributed by atoms with Crippen LogP contribution in [0, 0.1) is 10.8 Å². The molecule has 1 N–H and O–H groups in total. The summed E-state index contributed by atoms with van der Waals surface area (Å²) in [5.41, 5.74) is -0.126. The summed E-state index contributed by atoms with van der Waals surface area (Å²) in [6.07, 6.45) is 6.19. The first-order valence-corrected chi connectivity index (χ1v) is 7.93. The largest absolute Gasteiger partial charge is 0.508 e. The fraction of sp³-hybridized carbons (Fsp3) is 0.526. The fourth-order valence-corrected chi connectivity index (χ4v) is 3.17. The Labute approximate surface area is 137 Å². The molecular weight excluding hydrogens is 292 g/mol. The highest BCUT2D eigenvalue weighted by molar-refractivity contribution is 6.22. The molecule has 0 aromatic carbocycles. The van der Waals surface area contributed by atoms with Gasteiger partial charge in [0.05, 0.1) is 11.1 Å². The first-order valence-electron chi connectivity index (χ1n) is 7.93. The third-order valence-corrected chi connectivity index (χ3v) is 4.24. The van der Waals surface area contributed by atoms with Crippen molar-refractivity contribution < 1.29 is 19.5 Å². The molecular formula is C19H24O4. The highest BCUT2D eigenvalue weighted by atomic mass is 16.3. The molecule has 2 rings (SSSR count). The number of allylic oxidation sites excluding steroid dienone is 5. The minimum atomic E-state index is -0.349. The van der Waals surface area contributed by atoms with Crippen molar-refractivity contribution in [1.82, 2.24) is 0 Å². The summed E-state index contributed by atoms with van der Waals surface area (Å²) >= 11 is 0. The lowest BCUT2D eigenvalue weighted by molar-refractivity contribution is -0.127. The lowest BCUT2D eigenvalue weighted by atomic mass is 9.74. The van der Waals surface area contributed by atoms with Crippen molar-refractivity contribution in [2.45, 2.75) is 53.4 Å². The smallest absolute Gasteiger partial charge is 0.167 e. The number of aliphatic hydroxyl groups excluding tert-OH is 1. The molecule has 1 saturated carbocycles. The molecule has 0 aromatic heterocycles. The Hall–Kier alpha value is -1.97. The fourth-order valence-electron chi connectivity index (χ4n) is 3.17. The number of carbonyl (C=O) groups excluding carboxylic acids is 3. The Morgan fingerprint density at radius 2 is 1.39 bits per heavy atom. The van der Waals surface area contributed by atoms with E-state index >= 15 is 0 Å². The number of carbonyl (C=O) groups is 3. The van der Waals surface area contributed by atoms with Gasteiger partial charge < -0.3 is 5.11 Å². The van der Waals surface area contributed by atoms with Gasteiger partial charge in [-0.15, -0.1) is 0 Å². The topological polar surface area (TPSA) is 71.4 Å². The van der Waals surface area contributed by atoms with E-state index in [1.54, 1.807) is 18.2 Å². The predicted octanol–water partition coefficient (Wildman–Crippen LogP) is 3.63. The standard InChI is InChI=1S/C19H24O4/c1-18(2)8-14(20)12(15(21)9-18)6-5-7-13-16(22)10-19(3,4)11-17(13)23/h6-8,20H,5,9-11H2,1-4H3. The normalized spacial score (nSPS) is 25.6. The van der Waals surface area contributed by atoms with E-state index in [0.29, 0.717) is 19.3 Å². The van der Waals surface area contributed by atoms with Gasteiger partial charge in [-0.05, 0) is 23.3 Å². The summed E-state index contributed by atoms with van der Waals surface area (Å²) in [6, 6.07) is 0. The van der Waals surface area contributed by atoms with Crippen molar-refractivity contribution in [3.05, 3.63) is 35.1 Å². The van der Waals surface area contributed by atoms with E-state index in [1.807, 2.05) is 27.7 Å². The van der Waals surface area contributed by atoms with Crippen molar-refractivity contribution in [3.63, 3.8) is 0 Å². The van der Waals surface area contributed by atoms with E-state index in [9.17, 15) is 19.5 Å². The minimum Gasteiger partial charge on any atom is -0.508 e. The third-order valence-electron chi connectivity index (χ3n) is 4.24. The van der Waals surface area contributed by atoms with Crippen LogP contribution < -0.4 is 0 Å². The summed E-state index contributed by atoms with van der Waals surface area (Å²) in [6.45, 7) is 7.60. The number of hydrogen-bond donors (Lipinski definition) is 1. The van der Waals surface area contributed by atoms with Gasteiger partial charge in [-0.2, -0.15) is 0 Å². The van der Waals surface area contributed by atoms with E-state index in [-0.39, 0.29) is 51.5 Å². The second-order valence-electron chi connectivity index (χ2n) is 7.95. The summed E-state index contributed by atoms with van der Waals surface area (Å²) < 4.78 is 0. The van der Waals surface area contributed by atoms with Gasteiger partial charge in [0.2, 0.25) is 0 Å². The molecule has 0 unspecified atom stereocenters. The monoisotopic (exact) mass is 316 g/mol. The predicted molar refractivity (Wildman–Crippen MR) is 87.9 cm³/mol. The third kappa shape index (κ3) is 4.06. The molecule has 0 heterocycles. The molecule has 124 valence electrons. The average Bonchev–Trinajstić information content (AvgIpc) is 2.32. The second-order valence-corrected chi connectivity index (χ2v) is 7.95. The molecule has 4 nitrogen and oxygen atoms in total. The van der Waals surface area contributed by atoms with Gasteiger partial charge >= 0.3 is 0 Å². The van der Waals surface area contributed by atoms with E-state index in [2.05, 4.69) is 0 Å². The maximum absolute atomic E-state index is 12.1. The van der Waals surface area contributed by atoms with Crippen LogP contribution in [0.25, 0.3) is 0 Å². The Bertz CT molecular complexity index is 635. The summed E-state index contributed by atoms with van der Waals surface area (Å²) in [4.78, 5) is 36.3. The highest BCUT2D eigenvalue weighted by Gasteiger charge is 2.35. The second kappa shape index (κ2) is 5.91. The van der Waals surface area contributed by atoms with Crippen LogP contribution >= 0.6 is 0 Å². The zero-order valence-electron chi connectivity index (χ0n) is 14.2. The molecule has 0 atom stereocenters. The van der Waals surface area contributed by atoms with Gasteiger partial charge in [0.25, 0.3) is 0 Å². The van der Waals surface area contributed by atoms with Crippen LogP contribution in [0.15, 0.2) is 35.1 Å². The maximum Gasteiger partial charge on any atom is 0.167 e. The number of aliphatic hydroxyl groups is 1. The zero-order chi connectivity index (χ0) is 17.4. The van der Waals surface area contributed by atoms with Crippen molar-refractivity contribution in [1.29, 1.82) is 0 Å². The molecule has 0 aliphatic heterocycles. The van der Waals surface area contributed by atoms with Crippen LogP contribution in [0.3, 0.4) is 0 Å². The number of hydrogen-bond acceptors (Lipinski definition) is 4. The van der Waals surface area contributed by atoms with E-state index < -0.39 is 0 Å². The molecule has 0 saturated heterocycles. The van der Waals surface area contributed by atoms with E-state index in [1.165, 1.54) is 0 Å². The van der Waals surface area contributed by atoms with Gasteiger partial charge in [-0.25, -0.2) is 0 Å². The van der Waals surface area contributed by atoms with Crippen LogP contribution in [-0.2, 0) is 14.4 Å². The number of Topliss-reactive ketones (excluding diaryl/α,β-unsaturated/α-hetero) is 3. The Morgan fingerprint density at radius 3 is 1.91 bits per heavy atom. The molecule has 2 aliphatic carbocycles. The van der Waals surface area contributed by atoms with Crippen LogP contribution in [0.2, 0.25) is 0 Å². The minimum absolute atomic E-state index is 0.0212. The SMILES string of the molecule is CC1(C)C=C(O)C(=CCC=C2C(=O)CC(C)(C)CC2=O)C(=O)C1. The van der Waals surface area contributed by atoms with Crippen molar-refractivity contribution >= 4 is 17.3 Å². The average molecular weight is 316 g/mol.